The van der Waals surface area contributed by atoms with Crippen molar-refractivity contribution in [2.45, 2.75) is 91.3 Å². The fourth-order valence-corrected chi connectivity index (χ4v) is 7.84. The van der Waals surface area contributed by atoms with Crippen LogP contribution < -0.4 is 0 Å². The molecule has 0 radical (unpaired) electrons. The molecule has 0 N–H and O–H groups in total. The third kappa shape index (κ3) is 4.08. The lowest BCUT2D eigenvalue weighted by Gasteiger charge is -2.59. The van der Waals surface area contributed by atoms with E-state index >= 15 is 0 Å². The summed E-state index contributed by atoms with van der Waals surface area (Å²) in [5.41, 5.74) is -0.275. The smallest absolute Gasteiger partial charge is 0.302 e. The summed E-state index contributed by atoms with van der Waals surface area (Å²) >= 11 is 0. The van der Waals surface area contributed by atoms with Crippen molar-refractivity contribution in [2.75, 3.05) is 6.61 Å². The molecule has 0 bridgehead atoms. The summed E-state index contributed by atoms with van der Waals surface area (Å²) in [6.07, 6.45) is 5.80. The lowest BCUT2D eigenvalue weighted by atomic mass is 9.45. The highest BCUT2D eigenvalue weighted by Gasteiger charge is 2.64. The molecule has 0 heterocycles. The highest BCUT2D eigenvalue weighted by Crippen LogP contribution is 2.65. The third-order valence-electron chi connectivity index (χ3n) is 9.14. The summed E-state index contributed by atoms with van der Waals surface area (Å²) in [5.74, 6) is -0.150. The van der Waals surface area contributed by atoms with Crippen molar-refractivity contribution < 1.29 is 33.4 Å². The van der Waals surface area contributed by atoms with E-state index in [9.17, 15) is 19.2 Å². The summed E-state index contributed by atoms with van der Waals surface area (Å²) in [4.78, 5) is 48.3. The van der Waals surface area contributed by atoms with Crippen molar-refractivity contribution in [1.29, 1.82) is 0 Å². The lowest BCUT2D eigenvalue weighted by Crippen LogP contribution is -2.57. The number of fused-ring (bicyclic) bond motifs is 5. The Labute approximate surface area is 189 Å². The van der Waals surface area contributed by atoms with E-state index in [1.807, 2.05) is 0 Å². The van der Waals surface area contributed by atoms with Crippen LogP contribution >= 0.6 is 0 Å². The van der Waals surface area contributed by atoms with Crippen LogP contribution in [0.5, 0.6) is 0 Å². The SMILES string of the molecule is CC(=O)OC[C@]12CC[C@H]3[C@@H](C(=O)C[C@H]4C[C@H](OC(C)=O)CC[C@@]43C)[C@@H]1C[C@H](OC(C)=O)C2. The standard InChI is InChI=1S/C25H36O7/c1-14(26)30-13-25-8-6-20-23(21(25)11-19(12-25)32-16(3)28)22(29)10-17-9-18(31-15(2)27)5-7-24(17,20)4/h17-21,23H,5-13H2,1-4H3/t17-,18-,19+,20+,21+,23-,24+,25-/m1/s1. The van der Waals surface area contributed by atoms with Gasteiger partial charge in [0, 0.05) is 38.5 Å². The summed E-state index contributed by atoms with van der Waals surface area (Å²) in [5, 5.41) is 0. The van der Waals surface area contributed by atoms with Gasteiger partial charge in [-0.15, -0.1) is 0 Å². The first-order valence-corrected chi connectivity index (χ1v) is 12.0. The molecule has 0 amide bonds. The molecule has 8 atom stereocenters. The predicted octanol–water partition coefficient (Wildman–Crippen LogP) is 3.61. The molecular weight excluding hydrogens is 412 g/mol. The molecule has 4 aliphatic rings. The molecule has 0 unspecified atom stereocenters. The molecule has 178 valence electrons. The molecule has 4 fully saturated rings. The number of carbonyl (C=O) groups is 4. The normalized spacial score (nSPS) is 42.8. The quantitative estimate of drug-likeness (QED) is 0.479. The molecule has 4 saturated carbocycles. The Morgan fingerprint density at radius 2 is 1.59 bits per heavy atom. The van der Waals surface area contributed by atoms with E-state index in [-0.39, 0.29) is 77.0 Å². The molecule has 0 spiro atoms. The summed E-state index contributed by atoms with van der Waals surface area (Å²) in [7, 11) is 0. The van der Waals surface area contributed by atoms with E-state index < -0.39 is 0 Å². The van der Waals surface area contributed by atoms with Crippen LogP contribution in [0.25, 0.3) is 0 Å². The van der Waals surface area contributed by atoms with E-state index in [1.54, 1.807) is 0 Å². The molecule has 32 heavy (non-hydrogen) atoms. The second-order valence-corrected chi connectivity index (χ2v) is 11.0. The number of hydrogen-bond donors (Lipinski definition) is 0. The van der Waals surface area contributed by atoms with Gasteiger partial charge in [-0.1, -0.05) is 6.92 Å². The van der Waals surface area contributed by atoms with Gasteiger partial charge in [-0.3, -0.25) is 19.2 Å². The Morgan fingerprint density at radius 3 is 2.25 bits per heavy atom. The lowest BCUT2D eigenvalue weighted by molar-refractivity contribution is -0.171. The van der Waals surface area contributed by atoms with Crippen molar-refractivity contribution in [3.8, 4) is 0 Å². The van der Waals surface area contributed by atoms with Crippen molar-refractivity contribution in [3.05, 3.63) is 0 Å². The topological polar surface area (TPSA) is 96.0 Å². The monoisotopic (exact) mass is 448 g/mol. The van der Waals surface area contributed by atoms with Crippen LogP contribution in [0.2, 0.25) is 0 Å². The van der Waals surface area contributed by atoms with E-state index in [1.165, 1.54) is 20.8 Å². The van der Waals surface area contributed by atoms with Crippen LogP contribution in [-0.4, -0.2) is 42.5 Å². The largest absolute Gasteiger partial charge is 0.465 e. The maximum Gasteiger partial charge on any atom is 0.302 e. The van der Waals surface area contributed by atoms with Gasteiger partial charge in [0.05, 0.1) is 6.61 Å². The molecular formula is C25H36O7. The molecule has 0 aliphatic heterocycles. The van der Waals surface area contributed by atoms with Crippen LogP contribution in [0, 0.1) is 34.5 Å². The number of esters is 3. The average molecular weight is 449 g/mol. The number of ketones is 1. The molecule has 4 aliphatic carbocycles. The average Bonchev–Trinajstić information content (AvgIpc) is 3.05. The maximum atomic E-state index is 13.6. The van der Waals surface area contributed by atoms with Crippen molar-refractivity contribution in [1.82, 2.24) is 0 Å². The van der Waals surface area contributed by atoms with E-state index in [2.05, 4.69) is 6.92 Å². The van der Waals surface area contributed by atoms with E-state index in [4.69, 9.17) is 14.2 Å². The minimum absolute atomic E-state index is 0.0301. The highest BCUT2D eigenvalue weighted by molar-refractivity contribution is 5.83. The van der Waals surface area contributed by atoms with E-state index in [0.29, 0.717) is 19.3 Å². The second kappa shape index (κ2) is 8.45. The minimum atomic E-state index is -0.318. The molecule has 0 aromatic rings. The summed E-state index contributed by atoms with van der Waals surface area (Å²) < 4.78 is 16.6. The van der Waals surface area contributed by atoms with Gasteiger partial charge >= 0.3 is 17.9 Å². The number of ether oxygens (including phenoxy) is 3. The first-order chi connectivity index (χ1) is 15.0. The number of rotatable bonds is 4. The van der Waals surface area contributed by atoms with Crippen LogP contribution in [0.15, 0.2) is 0 Å². The molecule has 0 saturated heterocycles. The fraction of sp³-hybridized carbons (Fsp3) is 0.840. The zero-order valence-electron chi connectivity index (χ0n) is 19.7. The minimum Gasteiger partial charge on any atom is -0.465 e. The molecule has 7 nitrogen and oxygen atoms in total. The van der Waals surface area contributed by atoms with Gasteiger partial charge in [-0.25, -0.2) is 0 Å². The van der Waals surface area contributed by atoms with Gasteiger partial charge in [0.2, 0.25) is 0 Å². The second-order valence-electron chi connectivity index (χ2n) is 11.0. The fourth-order valence-electron chi connectivity index (χ4n) is 7.84. The first kappa shape index (κ1) is 23.2. The third-order valence-corrected chi connectivity index (χ3v) is 9.14. The van der Waals surface area contributed by atoms with Gasteiger partial charge < -0.3 is 14.2 Å². The van der Waals surface area contributed by atoms with Gasteiger partial charge in [-0.05, 0) is 68.1 Å². The van der Waals surface area contributed by atoms with Crippen LogP contribution in [-0.2, 0) is 33.4 Å². The Morgan fingerprint density at radius 1 is 0.906 bits per heavy atom. The zero-order valence-corrected chi connectivity index (χ0v) is 19.7. The zero-order chi connectivity index (χ0) is 23.3. The molecule has 4 rings (SSSR count). The van der Waals surface area contributed by atoms with Crippen LogP contribution in [0.4, 0.5) is 0 Å². The number of hydrogen-bond acceptors (Lipinski definition) is 7. The van der Waals surface area contributed by atoms with Crippen molar-refractivity contribution >= 4 is 23.7 Å². The van der Waals surface area contributed by atoms with E-state index in [0.717, 1.165) is 32.1 Å². The van der Waals surface area contributed by atoms with Gasteiger partial charge in [0.1, 0.15) is 18.0 Å². The van der Waals surface area contributed by atoms with Gasteiger partial charge in [0.25, 0.3) is 0 Å². The Balaban J connectivity index is 1.60. The molecule has 0 aromatic heterocycles. The van der Waals surface area contributed by atoms with Crippen molar-refractivity contribution in [3.63, 3.8) is 0 Å². The molecule has 7 heteroatoms. The highest BCUT2D eigenvalue weighted by atomic mass is 16.5. The predicted molar refractivity (Wildman–Crippen MR) is 114 cm³/mol. The maximum absolute atomic E-state index is 13.6. The van der Waals surface area contributed by atoms with Gasteiger partial charge in [0.15, 0.2) is 0 Å². The summed E-state index contributed by atoms with van der Waals surface area (Å²) in [6.45, 7) is 6.88. The van der Waals surface area contributed by atoms with Crippen molar-refractivity contribution in [2.24, 2.45) is 34.5 Å². The molecule has 0 aromatic carbocycles. The Hall–Kier alpha value is -1.92. The number of carbonyl (C=O) groups excluding carboxylic acids is 4. The first-order valence-electron chi connectivity index (χ1n) is 12.0. The van der Waals surface area contributed by atoms with Crippen LogP contribution in [0.1, 0.15) is 79.1 Å². The van der Waals surface area contributed by atoms with Gasteiger partial charge in [-0.2, -0.15) is 0 Å². The Kier molecular flexibility index (Phi) is 6.14. The summed E-state index contributed by atoms with van der Waals surface area (Å²) in [6, 6.07) is 0. The number of Topliss-reactive ketones (excluding diaryl/α,β-unsaturated/α-hetero) is 1. The van der Waals surface area contributed by atoms with Crippen LogP contribution in [0.3, 0.4) is 0 Å². The Bertz CT molecular complexity index is 806.